The molecule has 2 aromatic rings. The Kier molecular flexibility index (Phi) is 5.25. The van der Waals surface area contributed by atoms with E-state index in [4.69, 9.17) is 0 Å². The number of thiophene rings is 1. The summed E-state index contributed by atoms with van der Waals surface area (Å²) in [4.78, 5) is 27.2. The third kappa shape index (κ3) is 4.00. The van der Waals surface area contributed by atoms with Crippen LogP contribution < -0.4 is 10.2 Å². The van der Waals surface area contributed by atoms with Gasteiger partial charge >= 0.3 is 0 Å². The summed E-state index contributed by atoms with van der Waals surface area (Å²) in [5.74, 6) is -0.445. The number of hydrogen-bond acceptors (Lipinski definition) is 3. The lowest BCUT2D eigenvalue weighted by Gasteiger charge is -2.20. The minimum atomic E-state index is -0.269. The number of nitrogens with zero attached hydrogens (tertiary/aromatic N) is 1. The van der Waals surface area contributed by atoms with E-state index in [1.165, 1.54) is 17.0 Å². The van der Waals surface area contributed by atoms with Crippen LogP contribution in [0.3, 0.4) is 0 Å². The van der Waals surface area contributed by atoms with E-state index in [1.54, 1.807) is 28.4 Å². The number of fused-ring (bicyclic) bond motifs is 1. The van der Waals surface area contributed by atoms with E-state index in [-0.39, 0.29) is 24.2 Å². The van der Waals surface area contributed by atoms with Gasteiger partial charge in [-0.1, -0.05) is 12.1 Å². The van der Waals surface area contributed by atoms with E-state index in [2.05, 4.69) is 5.32 Å². The summed E-state index contributed by atoms with van der Waals surface area (Å²) >= 11 is 1.63. The van der Waals surface area contributed by atoms with Crippen molar-refractivity contribution in [3.63, 3.8) is 0 Å². The quantitative estimate of drug-likeness (QED) is 0.905. The van der Waals surface area contributed by atoms with Crippen LogP contribution in [0, 0.1) is 5.82 Å². The summed E-state index contributed by atoms with van der Waals surface area (Å²) in [7, 11) is 0. The molecular weight excluding hydrogens is 327 g/mol. The van der Waals surface area contributed by atoms with Crippen molar-refractivity contribution in [3.05, 3.63) is 52.0 Å². The van der Waals surface area contributed by atoms with Gasteiger partial charge in [0.2, 0.25) is 11.8 Å². The van der Waals surface area contributed by atoms with Crippen molar-refractivity contribution >= 4 is 28.8 Å². The second-order valence-corrected chi connectivity index (χ2v) is 6.79. The first-order valence-electron chi connectivity index (χ1n) is 8.01. The fourth-order valence-electron chi connectivity index (χ4n) is 2.80. The molecule has 126 valence electrons. The second-order valence-electron chi connectivity index (χ2n) is 5.79. The summed E-state index contributed by atoms with van der Waals surface area (Å²) in [6.45, 7) is 0.509. The highest BCUT2D eigenvalue weighted by atomic mass is 32.1. The SMILES string of the molecule is O=C(CN1C(=O)CCCc2sccc21)NCCc1ccc(F)cc1. The number of aryl methyl sites for hydroxylation is 1. The molecule has 0 atom stereocenters. The van der Waals surface area contributed by atoms with Crippen LogP contribution in [-0.4, -0.2) is 24.9 Å². The van der Waals surface area contributed by atoms with E-state index in [0.29, 0.717) is 19.4 Å². The lowest BCUT2D eigenvalue weighted by atomic mass is 10.1. The lowest BCUT2D eigenvalue weighted by Crippen LogP contribution is -2.41. The molecule has 1 aromatic heterocycles. The fourth-order valence-corrected chi connectivity index (χ4v) is 3.72. The van der Waals surface area contributed by atoms with Gasteiger partial charge in [0, 0.05) is 17.8 Å². The molecule has 0 aliphatic carbocycles. The molecule has 0 radical (unpaired) electrons. The molecular formula is C18H19FN2O2S. The minimum Gasteiger partial charge on any atom is -0.354 e. The minimum absolute atomic E-state index is 0.000773. The fraction of sp³-hybridized carbons (Fsp3) is 0.333. The number of rotatable bonds is 5. The maximum atomic E-state index is 12.9. The zero-order chi connectivity index (χ0) is 16.9. The highest BCUT2D eigenvalue weighted by Crippen LogP contribution is 2.31. The van der Waals surface area contributed by atoms with Crippen molar-refractivity contribution in [1.29, 1.82) is 0 Å². The zero-order valence-corrected chi connectivity index (χ0v) is 14.1. The monoisotopic (exact) mass is 346 g/mol. The maximum absolute atomic E-state index is 12.9. The summed E-state index contributed by atoms with van der Waals surface area (Å²) in [6, 6.07) is 8.14. The molecule has 2 heterocycles. The molecule has 1 aliphatic rings. The Morgan fingerprint density at radius 1 is 1.21 bits per heavy atom. The van der Waals surface area contributed by atoms with Gasteiger partial charge in [-0.25, -0.2) is 4.39 Å². The average Bonchev–Trinajstić information content (AvgIpc) is 2.97. The Morgan fingerprint density at radius 3 is 2.79 bits per heavy atom. The van der Waals surface area contributed by atoms with Gasteiger partial charge in [-0.05, 0) is 48.4 Å². The van der Waals surface area contributed by atoms with Gasteiger partial charge in [-0.2, -0.15) is 0 Å². The van der Waals surface area contributed by atoms with Crippen LogP contribution >= 0.6 is 11.3 Å². The van der Waals surface area contributed by atoms with E-state index < -0.39 is 0 Å². The first-order chi connectivity index (χ1) is 11.6. The molecule has 1 aromatic carbocycles. The summed E-state index contributed by atoms with van der Waals surface area (Å²) in [6.07, 6.45) is 2.82. The topological polar surface area (TPSA) is 49.4 Å². The predicted octanol–water partition coefficient (Wildman–Crippen LogP) is 2.92. The number of anilines is 1. The number of benzene rings is 1. The molecule has 0 spiro atoms. The Balaban J connectivity index is 1.54. The highest BCUT2D eigenvalue weighted by molar-refractivity contribution is 7.10. The van der Waals surface area contributed by atoms with Crippen molar-refractivity contribution in [2.75, 3.05) is 18.0 Å². The van der Waals surface area contributed by atoms with E-state index in [1.807, 2.05) is 11.4 Å². The predicted molar refractivity (Wildman–Crippen MR) is 92.7 cm³/mol. The number of nitrogens with one attached hydrogen (secondary N) is 1. The van der Waals surface area contributed by atoms with E-state index >= 15 is 0 Å². The molecule has 1 N–H and O–H groups in total. The maximum Gasteiger partial charge on any atom is 0.240 e. The number of amides is 2. The summed E-state index contributed by atoms with van der Waals surface area (Å²) in [5, 5.41) is 4.79. The molecule has 6 heteroatoms. The van der Waals surface area contributed by atoms with Crippen LogP contribution in [0.5, 0.6) is 0 Å². The Labute approximate surface area is 144 Å². The summed E-state index contributed by atoms with van der Waals surface area (Å²) < 4.78 is 12.9. The van der Waals surface area contributed by atoms with E-state index in [0.717, 1.165) is 24.1 Å². The molecule has 2 amide bonds. The first-order valence-corrected chi connectivity index (χ1v) is 8.89. The lowest BCUT2D eigenvalue weighted by molar-refractivity contribution is -0.123. The highest BCUT2D eigenvalue weighted by Gasteiger charge is 2.24. The molecule has 3 rings (SSSR count). The van der Waals surface area contributed by atoms with E-state index in [9.17, 15) is 14.0 Å². The normalized spacial score (nSPS) is 14.2. The molecule has 0 unspecified atom stereocenters. The van der Waals surface area contributed by atoms with Crippen molar-refractivity contribution in [2.24, 2.45) is 0 Å². The second kappa shape index (κ2) is 7.57. The van der Waals surface area contributed by atoms with Gasteiger partial charge < -0.3 is 10.2 Å². The molecule has 1 aliphatic heterocycles. The smallest absolute Gasteiger partial charge is 0.240 e. The van der Waals surface area contributed by atoms with Crippen LogP contribution in [0.15, 0.2) is 35.7 Å². The van der Waals surface area contributed by atoms with Gasteiger partial charge in [0.05, 0.1) is 5.69 Å². The Morgan fingerprint density at radius 2 is 2.00 bits per heavy atom. The van der Waals surface area contributed by atoms with Crippen LogP contribution in [-0.2, 0) is 22.4 Å². The Bertz CT molecular complexity index is 727. The van der Waals surface area contributed by atoms with Gasteiger partial charge in [0.25, 0.3) is 0 Å². The number of carbonyl (C=O) groups is 2. The van der Waals surface area contributed by atoms with Crippen molar-refractivity contribution < 1.29 is 14.0 Å². The summed E-state index contributed by atoms with van der Waals surface area (Å²) in [5.41, 5.74) is 1.83. The molecule has 0 bridgehead atoms. The number of carbonyl (C=O) groups excluding carboxylic acids is 2. The largest absolute Gasteiger partial charge is 0.354 e. The van der Waals surface area contributed by atoms with Crippen molar-refractivity contribution in [2.45, 2.75) is 25.7 Å². The number of hydrogen-bond donors (Lipinski definition) is 1. The molecule has 0 fully saturated rings. The number of halogens is 1. The van der Waals surface area contributed by atoms with Gasteiger partial charge in [-0.3, -0.25) is 9.59 Å². The van der Waals surface area contributed by atoms with Crippen LogP contribution in [0.1, 0.15) is 23.3 Å². The Hall–Kier alpha value is -2.21. The zero-order valence-electron chi connectivity index (χ0n) is 13.3. The molecule has 24 heavy (non-hydrogen) atoms. The van der Waals surface area contributed by atoms with Crippen LogP contribution in [0.4, 0.5) is 10.1 Å². The average molecular weight is 346 g/mol. The van der Waals surface area contributed by atoms with Gasteiger partial charge in [0.1, 0.15) is 12.4 Å². The third-order valence-corrected chi connectivity index (χ3v) is 5.03. The van der Waals surface area contributed by atoms with Crippen molar-refractivity contribution in [1.82, 2.24) is 5.32 Å². The van der Waals surface area contributed by atoms with Crippen LogP contribution in [0.2, 0.25) is 0 Å². The third-order valence-electron chi connectivity index (χ3n) is 4.06. The molecule has 4 nitrogen and oxygen atoms in total. The van der Waals surface area contributed by atoms with Gasteiger partial charge in [0.15, 0.2) is 0 Å². The standard InChI is InChI=1S/C18H19FN2O2S/c19-14-6-4-13(5-7-14)8-10-20-17(22)12-21-15-9-11-24-16(15)2-1-3-18(21)23/h4-7,9,11H,1-3,8,10,12H2,(H,20,22). The van der Waals surface area contributed by atoms with Crippen molar-refractivity contribution in [3.8, 4) is 0 Å². The first kappa shape index (κ1) is 16.6. The van der Waals surface area contributed by atoms with Gasteiger partial charge in [-0.15, -0.1) is 11.3 Å². The molecule has 0 saturated carbocycles. The molecule has 0 saturated heterocycles. The van der Waals surface area contributed by atoms with Crippen LogP contribution in [0.25, 0.3) is 0 Å².